The highest BCUT2D eigenvalue weighted by Gasteiger charge is 2.19. The number of hydrogen-bond donors (Lipinski definition) is 3. The normalized spacial score (nSPS) is 16.1. The van der Waals surface area contributed by atoms with Gasteiger partial charge in [-0.05, 0) is 37.4 Å². The Morgan fingerprint density at radius 2 is 1.87 bits per heavy atom. The Morgan fingerprint density at radius 1 is 1.05 bits per heavy atom. The zero-order valence-corrected chi connectivity index (χ0v) is 20.9. The van der Waals surface area contributed by atoms with Crippen LogP contribution in [-0.4, -0.2) is 70.3 Å². The maximum Gasteiger partial charge on any atom is 0.255 e. The fourth-order valence-electron chi connectivity index (χ4n) is 4.63. The number of allylic oxidation sites excluding steroid dienone is 1. The van der Waals surface area contributed by atoms with Gasteiger partial charge in [0.05, 0.1) is 11.9 Å². The van der Waals surface area contributed by atoms with Crippen molar-refractivity contribution in [3.05, 3.63) is 83.7 Å². The van der Waals surface area contributed by atoms with E-state index in [4.69, 9.17) is 0 Å². The van der Waals surface area contributed by atoms with Gasteiger partial charge in [-0.3, -0.25) is 4.79 Å². The van der Waals surface area contributed by atoms with Crippen molar-refractivity contribution >= 4 is 41.0 Å². The number of aromatic hydroxyl groups is 1. The van der Waals surface area contributed by atoms with Gasteiger partial charge in [0.2, 0.25) is 5.88 Å². The number of H-pyrrole nitrogens is 1. The van der Waals surface area contributed by atoms with Crippen LogP contribution in [0.1, 0.15) is 21.6 Å². The Bertz CT molecular complexity index is 1550. The van der Waals surface area contributed by atoms with Gasteiger partial charge in [-0.1, -0.05) is 36.4 Å². The third-order valence-electron chi connectivity index (χ3n) is 6.80. The number of pyridine rings is 1. The summed E-state index contributed by atoms with van der Waals surface area (Å²) in [4.78, 5) is 33.9. The molecule has 9 heteroatoms. The number of nitrogens with one attached hydrogen (secondary N) is 2. The molecule has 0 radical (unpaired) electrons. The maximum atomic E-state index is 13.1. The lowest BCUT2D eigenvalue weighted by Crippen LogP contribution is -2.44. The van der Waals surface area contributed by atoms with Gasteiger partial charge in [-0.15, -0.1) is 0 Å². The van der Waals surface area contributed by atoms with E-state index in [1.807, 2.05) is 60.7 Å². The molecule has 0 bridgehead atoms. The maximum absolute atomic E-state index is 13.1. The van der Waals surface area contributed by atoms with E-state index in [9.17, 15) is 9.90 Å². The van der Waals surface area contributed by atoms with Crippen LogP contribution >= 0.6 is 0 Å². The van der Waals surface area contributed by atoms with Crippen LogP contribution in [0.2, 0.25) is 0 Å². The fourth-order valence-corrected chi connectivity index (χ4v) is 4.63. The second kappa shape index (κ2) is 9.95. The first-order valence-corrected chi connectivity index (χ1v) is 12.5. The lowest BCUT2D eigenvalue weighted by molar-refractivity contribution is 0.102. The first-order chi connectivity index (χ1) is 18.5. The Morgan fingerprint density at radius 3 is 2.68 bits per heavy atom. The number of aromatic nitrogens is 3. The van der Waals surface area contributed by atoms with Crippen LogP contribution in [0.5, 0.6) is 5.88 Å². The number of aliphatic imine (C=N–C) groups is 1. The van der Waals surface area contributed by atoms with Crippen LogP contribution in [0.25, 0.3) is 23.0 Å². The number of rotatable bonds is 5. The number of carbonyl (C=O) groups is 1. The minimum Gasteiger partial charge on any atom is -0.492 e. The number of aromatic amines is 1. The molecule has 2 aliphatic rings. The minimum atomic E-state index is -0.203. The average Bonchev–Trinajstić information content (AvgIpc) is 3.52. The quantitative estimate of drug-likeness (QED) is 0.370. The monoisotopic (exact) mass is 505 g/mol. The summed E-state index contributed by atoms with van der Waals surface area (Å²) in [5.74, 6) is 0.818. The van der Waals surface area contributed by atoms with E-state index in [0.29, 0.717) is 28.6 Å². The van der Waals surface area contributed by atoms with Crippen molar-refractivity contribution in [3.8, 4) is 17.3 Å². The Labute approximate surface area is 220 Å². The molecule has 0 unspecified atom stereocenters. The molecule has 2 aliphatic heterocycles. The summed E-state index contributed by atoms with van der Waals surface area (Å²) in [7, 11) is 2.12. The number of hydrogen-bond acceptors (Lipinski definition) is 7. The molecule has 38 heavy (non-hydrogen) atoms. The minimum absolute atomic E-state index is 0.101. The first-order valence-electron chi connectivity index (χ1n) is 12.5. The first kappa shape index (κ1) is 23.6. The molecule has 3 N–H and O–H groups in total. The smallest absolute Gasteiger partial charge is 0.255 e. The van der Waals surface area contributed by atoms with Crippen LogP contribution in [0.15, 0.2) is 71.9 Å². The highest BCUT2D eigenvalue weighted by molar-refractivity contribution is 6.21. The zero-order chi connectivity index (χ0) is 26.1. The summed E-state index contributed by atoms with van der Waals surface area (Å²) in [5.41, 5.74) is 5.04. The van der Waals surface area contributed by atoms with E-state index in [0.717, 1.165) is 48.6 Å². The van der Waals surface area contributed by atoms with Crippen molar-refractivity contribution in [3.63, 3.8) is 0 Å². The standard InChI is InChI=1S/C29H27N7O2/c1-35-10-12-36(13-11-35)23-9-5-8-20(14-23)28(37)32-22-16-24-21(17-30-27(24)31-18-22)15-25-29(38)34-26(33-25)19-6-3-2-4-7-19/h2-9,14-18,38H,10-13H2,1H3,(H,32,37)(H,33,34). The third-order valence-corrected chi connectivity index (χ3v) is 6.80. The number of nitrogens with zero attached hydrogens (tertiary/aromatic N) is 5. The number of anilines is 2. The van der Waals surface area contributed by atoms with Crippen molar-refractivity contribution in [1.29, 1.82) is 0 Å². The van der Waals surface area contributed by atoms with E-state index in [-0.39, 0.29) is 11.8 Å². The van der Waals surface area contributed by atoms with Crippen molar-refractivity contribution in [2.45, 2.75) is 0 Å². The molecule has 0 aliphatic carbocycles. The number of piperazine rings is 1. The van der Waals surface area contributed by atoms with Gasteiger partial charge in [0.1, 0.15) is 11.5 Å². The summed E-state index contributed by atoms with van der Waals surface area (Å²) < 4.78 is 0. The molecule has 4 aromatic rings. The molecule has 1 saturated heterocycles. The largest absolute Gasteiger partial charge is 0.492 e. The summed E-state index contributed by atoms with van der Waals surface area (Å²) >= 11 is 0. The van der Waals surface area contributed by atoms with Gasteiger partial charge in [0.25, 0.3) is 5.91 Å². The van der Waals surface area contributed by atoms with Crippen molar-refractivity contribution in [2.24, 2.45) is 4.99 Å². The molecule has 2 aromatic carbocycles. The molecule has 0 saturated carbocycles. The lowest BCUT2D eigenvalue weighted by Gasteiger charge is -2.34. The topological polar surface area (TPSA) is 110 Å². The molecule has 4 heterocycles. The summed E-state index contributed by atoms with van der Waals surface area (Å²) in [6.07, 6.45) is 5.06. The van der Waals surface area contributed by atoms with Crippen molar-refractivity contribution in [2.75, 3.05) is 43.4 Å². The molecule has 9 nitrogen and oxygen atoms in total. The molecule has 1 fully saturated rings. The van der Waals surface area contributed by atoms with Crippen molar-refractivity contribution < 1.29 is 9.90 Å². The zero-order valence-electron chi connectivity index (χ0n) is 20.9. The van der Waals surface area contributed by atoms with Crippen LogP contribution < -0.4 is 10.2 Å². The molecule has 6 rings (SSSR count). The van der Waals surface area contributed by atoms with Gasteiger partial charge in [-0.25, -0.2) is 9.98 Å². The number of likely N-dealkylation sites (N-methyl/N-ethyl adjacent to an activating group) is 1. The fraction of sp³-hybridized carbons (Fsp3) is 0.172. The van der Waals surface area contributed by atoms with Crippen LogP contribution in [0, 0.1) is 0 Å². The highest BCUT2D eigenvalue weighted by atomic mass is 16.3. The number of carbonyl (C=O) groups excluding carboxylic acids is 1. The van der Waals surface area contributed by atoms with E-state index < -0.39 is 0 Å². The number of imidazole rings is 1. The molecule has 1 amide bonds. The van der Waals surface area contributed by atoms with Crippen LogP contribution in [0.4, 0.5) is 17.2 Å². The number of benzene rings is 2. The van der Waals surface area contributed by atoms with E-state index >= 15 is 0 Å². The molecule has 0 spiro atoms. The van der Waals surface area contributed by atoms with Gasteiger partial charge < -0.3 is 25.2 Å². The molecular weight excluding hydrogens is 478 g/mol. The second-order valence-electron chi connectivity index (χ2n) is 9.44. The van der Waals surface area contributed by atoms with E-state index in [1.54, 1.807) is 18.5 Å². The molecular formula is C29H27N7O2. The van der Waals surface area contributed by atoms with E-state index in [2.05, 4.69) is 42.1 Å². The Kier molecular flexibility index (Phi) is 6.19. The molecule has 0 atom stereocenters. The summed E-state index contributed by atoms with van der Waals surface area (Å²) in [6, 6.07) is 19.1. The van der Waals surface area contributed by atoms with E-state index in [1.165, 1.54) is 0 Å². The summed E-state index contributed by atoms with van der Waals surface area (Å²) in [6.45, 7) is 3.87. The third kappa shape index (κ3) is 4.79. The van der Waals surface area contributed by atoms with Gasteiger partial charge in [0, 0.05) is 60.3 Å². The van der Waals surface area contributed by atoms with Crippen LogP contribution in [-0.2, 0) is 0 Å². The van der Waals surface area contributed by atoms with Crippen LogP contribution in [0.3, 0.4) is 0 Å². The Hall–Kier alpha value is -4.76. The molecule has 190 valence electrons. The van der Waals surface area contributed by atoms with Gasteiger partial charge >= 0.3 is 0 Å². The Balaban J connectivity index is 1.21. The second-order valence-corrected chi connectivity index (χ2v) is 9.44. The van der Waals surface area contributed by atoms with Crippen molar-refractivity contribution in [1.82, 2.24) is 19.9 Å². The van der Waals surface area contributed by atoms with Gasteiger partial charge in [-0.2, -0.15) is 4.98 Å². The predicted molar refractivity (Wildman–Crippen MR) is 150 cm³/mol. The SMILES string of the molecule is CN1CCN(c2cccc(C(=O)Nc3cnc4c(c3)C(=Cc3[nH]c(-c5ccccc5)nc3O)C=N4)c2)CC1. The highest BCUT2D eigenvalue weighted by Crippen LogP contribution is 2.34. The lowest BCUT2D eigenvalue weighted by atomic mass is 10.1. The summed E-state index contributed by atoms with van der Waals surface area (Å²) in [5, 5.41) is 13.4. The average molecular weight is 506 g/mol. The number of amides is 1. The number of fused-ring (bicyclic) bond motifs is 1. The predicted octanol–water partition coefficient (Wildman–Crippen LogP) is 4.44. The molecule has 2 aromatic heterocycles. The van der Waals surface area contributed by atoms with Gasteiger partial charge in [0.15, 0.2) is 5.82 Å².